The maximum absolute atomic E-state index is 13.1. The molecule has 2 aromatic rings. The summed E-state index contributed by atoms with van der Waals surface area (Å²) in [5.74, 6) is 1.67. The number of aromatic nitrogens is 2. The second-order valence-corrected chi connectivity index (χ2v) is 8.69. The standard InChI is InChI=1S/C22H27FN4O2.ClH/c23-17-9-7-14(8-10-17)20-25-21(29-26-20)16-5-3-11-27(13-16)22(28)19-12-15-4-1-2-6-18(15)24-19;/h7-10,15-16,18-19,24H,1-6,11-13H2;1H. The van der Waals surface area contributed by atoms with Crippen molar-refractivity contribution in [1.82, 2.24) is 20.4 Å². The van der Waals surface area contributed by atoms with Crippen LogP contribution < -0.4 is 5.32 Å². The molecule has 0 spiro atoms. The Bertz CT molecular complexity index is 860. The molecule has 5 rings (SSSR count). The molecule has 4 unspecified atom stereocenters. The van der Waals surface area contributed by atoms with Crippen LogP contribution >= 0.6 is 12.4 Å². The summed E-state index contributed by atoms with van der Waals surface area (Å²) in [7, 11) is 0. The summed E-state index contributed by atoms with van der Waals surface area (Å²) in [6.45, 7) is 1.42. The third-order valence-corrected chi connectivity index (χ3v) is 6.79. The van der Waals surface area contributed by atoms with Crippen LogP contribution in [0.1, 0.15) is 56.8 Å². The van der Waals surface area contributed by atoms with Gasteiger partial charge in [-0.25, -0.2) is 4.39 Å². The van der Waals surface area contributed by atoms with Crippen LogP contribution in [0.4, 0.5) is 4.39 Å². The fourth-order valence-electron chi connectivity index (χ4n) is 5.23. The van der Waals surface area contributed by atoms with Crippen molar-refractivity contribution in [3.8, 4) is 11.4 Å². The summed E-state index contributed by atoms with van der Waals surface area (Å²) < 4.78 is 18.6. The van der Waals surface area contributed by atoms with E-state index in [1.807, 2.05) is 4.90 Å². The van der Waals surface area contributed by atoms with Gasteiger partial charge in [-0.3, -0.25) is 4.79 Å². The number of rotatable bonds is 3. The van der Waals surface area contributed by atoms with Crippen LogP contribution in [-0.2, 0) is 4.79 Å². The molecule has 1 aromatic carbocycles. The van der Waals surface area contributed by atoms with E-state index in [1.165, 1.54) is 37.8 Å². The number of hydrogen-bond donors (Lipinski definition) is 1. The van der Waals surface area contributed by atoms with Gasteiger partial charge in [0.15, 0.2) is 0 Å². The molecule has 3 heterocycles. The SMILES string of the molecule is Cl.O=C(C1CC2CCCCC2N1)N1CCCC(c2nc(-c3ccc(F)cc3)no2)C1. The highest BCUT2D eigenvalue weighted by molar-refractivity contribution is 5.85. The van der Waals surface area contributed by atoms with Gasteiger partial charge in [0.25, 0.3) is 0 Å². The Hall–Kier alpha value is -1.99. The van der Waals surface area contributed by atoms with E-state index in [9.17, 15) is 9.18 Å². The molecule has 1 aliphatic carbocycles. The molecule has 3 aliphatic rings. The minimum atomic E-state index is -0.292. The molecule has 8 heteroatoms. The quantitative estimate of drug-likeness (QED) is 0.792. The van der Waals surface area contributed by atoms with Crippen LogP contribution in [0.15, 0.2) is 28.8 Å². The van der Waals surface area contributed by atoms with Crippen molar-refractivity contribution in [3.05, 3.63) is 36.0 Å². The first-order valence-corrected chi connectivity index (χ1v) is 10.8. The van der Waals surface area contributed by atoms with E-state index < -0.39 is 0 Å². The predicted octanol–water partition coefficient (Wildman–Crippen LogP) is 3.92. The molecule has 0 bridgehead atoms. The molecule has 2 saturated heterocycles. The zero-order valence-electron chi connectivity index (χ0n) is 16.9. The van der Waals surface area contributed by atoms with E-state index in [0.717, 1.165) is 31.4 Å². The minimum absolute atomic E-state index is 0. The maximum Gasteiger partial charge on any atom is 0.239 e. The number of benzene rings is 1. The summed E-state index contributed by atoms with van der Waals surface area (Å²) in [5.41, 5.74) is 0.725. The van der Waals surface area contributed by atoms with Crippen molar-refractivity contribution in [2.75, 3.05) is 13.1 Å². The van der Waals surface area contributed by atoms with Gasteiger partial charge in [-0.1, -0.05) is 18.0 Å². The van der Waals surface area contributed by atoms with E-state index in [4.69, 9.17) is 4.52 Å². The number of carbonyl (C=O) groups is 1. The summed E-state index contributed by atoms with van der Waals surface area (Å²) in [4.78, 5) is 19.6. The lowest BCUT2D eigenvalue weighted by atomic mass is 9.85. The number of carbonyl (C=O) groups excluding carboxylic acids is 1. The Morgan fingerprint density at radius 2 is 1.93 bits per heavy atom. The van der Waals surface area contributed by atoms with Gasteiger partial charge in [-0.2, -0.15) is 4.98 Å². The first kappa shape index (κ1) is 21.2. The zero-order valence-corrected chi connectivity index (χ0v) is 17.7. The molecule has 1 aromatic heterocycles. The zero-order chi connectivity index (χ0) is 19.8. The monoisotopic (exact) mass is 434 g/mol. The number of nitrogens with one attached hydrogen (secondary N) is 1. The number of amides is 1. The molecule has 0 radical (unpaired) electrons. The van der Waals surface area contributed by atoms with Crippen LogP contribution in [0, 0.1) is 11.7 Å². The highest BCUT2D eigenvalue weighted by Crippen LogP contribution is 2.35. The third-order valence-electron chi connectivity index (χ3n) is 6.79. The van der Waals surface area contributed by atoms with Crippen molar-refractivity contribution in [1.29, 1.82) is 0 Å². The molecule has 1 N–H and O–H groups in total. The van der Waals surface area contributed by atoms with E-state index >= 15 is 0 Å². The number of piperidine rings is 1. The van der Waals surface area contributed by atoms with Crippen LogP contribution in [0.25, 0.3) is 11.4 Å². The van der Waals surface area contributed by atoms with Gasteiger partial charge in [-0.05, 0) is 62.3 Å². The van der Waals surface area contributed by atoms with E-state index in [1.54, 1.807) is 12.1 Å². The second-order valence-electron chi connectivity index (χ2n) is 8.69. The van der Waals surface area contributed by atoms with Gasteiger partial charge in [0.1, 0.15) is 5.82 Å². The van der Waals surface area contributed by atoms with Crippen LogP contribution in [0.3, 0.4) is 0 Å². The number of nitrogens with zero attached hydrogens (tertiary/aromatic N) is 3. The lowest BCUT2D eigenvalue weighted by molar-refractivity contribution is -0.134. The van der Waals surface area contributed by atoms with E-state index in [2.05, 4.69) is 15.5 Å². The lowest BCUT2D eigenvalue weighted by Gasteiger charge is -2.33. The van der Waals surface area contributed by atoms with Gasteiger partial charge in [0.05, 0.1) is 12.0 Å². The Balaban J connectivity index is 0.00000218. The first-order chi connectivity index (χ1) is 14.2. The highest BCUT2D eigenvalue weighted by atomic mass is 35.5. The smallest absolute Gasteiger partial charge is 0.239 e. The topological polar surface area (TPSA) is 71.3 Å². The average molecular weight is 435 g/mol. The predicted molar refractivity (Wildman–Crippen MR) is 113 cm³/mol. The van der Waals surface area contributed by atoms with Gasteiger partial charge < -0.3 is 14.7 Å². The second kappa shape index (κ2) is 9.02. The molecular formula is C22H28ClFN4O2. The molecule has 2 aliphatic heterocycles. The Morgan fingerprint density at radius 3 is 2.73 bits per heavy atom. The minimum Gasteiger partial charge on any atom is -0.341 e. The number of fused-ring (bicyclic) bond motifs is 1. The van der Waals surface area contributed by atoms with Gasteiger partial charge >= 0.3 is 0 Å². The molecule has 4 atom stereocenters. The van der Waals surface area contributed by atoms with Crippen LogP contribution in [0.5, 0.6) is 0 Å². The third kappa shape index (κ3) is 4.23. The average Bonchev–Trinajstić information content (AvgIpc) is 3.41. The fraction of sp³-hybridized carbons (Fsp3) is 0.591. The molecule has 3 fully saturated rings. The fourth-order valence-corrected chi connectivity index (χ4v) is 5.23. The van der Waals surface area contributed by atoms with Gasteiger partial charge in [0, 0.05) is 24.7 Å². The van der Waals surface area contributed by atoms with Gasteiger partial charge in [-0.15, -0.1) is 12.4 Å². The maximum atomic E-state index is 13.1. The van der Waals surface area contributed by atoms with Gasteiger partial charge in [0.2, 0.25) is 17.6 Å². The summed E-state index contributed by atoms with van der Waals surface area (Å²) in [5, 5.41) is 7.66. The Morgan fingerprint density at radius 1 is 1.13 bits per heavy atom. The normalized spacial score (nSPS) is 28.6. The molecule has 30 heavy (non-hydrogen) atoms. The van der Waals surface area contributed by atoms with E-state index in [0.29, 0.717) is 30.2 Å². The summed E-state index contributed by atoms with van der Waals surface area (Å²) in [6, 6.07) is 6.54. The Labute approximate surface area is 182 Å². The first-order valence-electron chi connectivity index (χ1n) is 10.8. The molecular weight excluding hydrogens is 407 g/mol. The number of hydrogen-bond acceptors (Lipinski definition) is 5. The number of likely N-dealkylation sites (tertiary alicyclic amines) is 1. The van der Waals surface area contributed by atoms with Crippen molar-refractivity contribution in [2.24, 2.45) is 5.92 Å². The number of halogens is 2. The summed E-state index contributed by atoms with van der Waals surface area (Å²) >= 11 is 0. The van der Waals surface area contributed by atoms with Crippen molar-refractivity contribution in [3.63, 3.8) is 0 Å². The van der Waals surface area contributed by atoms with E-state index in [-0.39, 0.29) is 36.1 Å². The van der Waals surface area contributed by atoms with Crippen LogP contribution in [-0.4, -0.2) is 46.1 Å². The van der Waals surface area contributed by atoms with Crippen molar-refractivity contribution < 1.29 is 13.7 Å². The highest BCUT2D eigenvalue weighted by Gasteiger charge is 2.40. The van der Waals surface area contributed by atoms with Crippen LogP contribution in [0.2, 0.25) is 0 Å². The lowest BCUT2D eigenvalue weighted by Crippen LogP contribution is -2.48. The van der Waals surface area contributed by atoms with Crippen molar-refractivity contribution >= 4 is 18.3 Å². The molecule has 1 saturated carbocycles. The molecule has 162 valence electrons. The Kier molecular flexibility index (Phi) is 6.39. The largest absolute Gasteiger partial charge is 0.341 e. The molecule has 1 amide bonds. The molecule has 6 nitrogen and oxygen atoms in total. The van der Waals surface area contributed by atoms with Crippen molar-refractivity contribution in [2.45, 2.75) is 62.9 Å². The summed E-state index contributed by atoms with van der Waals surface area (Å²) in [6.07, 6.45) is 7.85.